The quantitative estimate of drug-likeness (QED) is 0.767. The van der Waals surface area contributed by atoms with Gasteiger partial charge in [-0.3, -0.25) is 9.59 Å². The van der Waals surface area contributed by atoms with Gasteiger partial charge < -0.3 is 10.1 Å². The Bertz CT molecular complexity index is 869. The minimum atomic E-state index is -0.990. The van der Waals surface area contributed by atoms with Gasteiger partial charge in [0.2, 0.25) is 0 Å². The Morgan fingerprint density at radius 2 is 1.89 bits per heavy atom. The fourth-order valence-electron chi connectivity index (χ4n) is 3.18. The molecule has 0 radical (unpaired) electrons. The van der Waals surface area contributed by atoms with Crippen molar-refractivity contribution in [2.75, 3.05) is 5.32 Å². The maximum atomic E-state index is 13.1. The van der Waals surface area contributed by atoms with Gasteiger partial charge in [-0.15, -0.1) is 0 Å². The lowest BCUT2D eigenvalue weighted by molar-refractivity contribution is -0.152. The normalized spacial score (nSPS) is 14.2. The predicted octanol–water partition coefficient (Wildman–Crippen LogP) is 4.47. The summed E-state index contributed by atoms with van der Waals surface area (Å²) < 4.78 is 18.3. The summed E-state index contributed by atoms with van der Waals surface area (Å²) in [5, 5.41) is 2.61. The highest BCUT2D eigenvalue weighted by molar-refractivity contribution is 6.33. The number of benzene rings is 2. The van der Waals surface area contributed by atoms with Gasteiger partial charge in [-0.1, -0.05) is 29.8 Å². The summed E-state index contributed by atoms with van der Waals surface area (Å²) in [6.07, 6.45) is 3.63. The second kappa shape index (κ2) is 8.53. The highest BCUT2D eigenvalue weighted by Gasteiger charge is 2.20. The Kier molecular flexibility index (Phi) is 6.11. The van der Waals surface area contributed by atoms with Crippen molar-refractivity contribution in [2.45, 2.75) is 45.1 Å². The Morgan fingerprint density at radius 3 is 2.63 bits per heavy atom. The van der Waals surface area contributed by atoms with Crippen LogP contribution in [-0.4, -0.2) is 18.0 Å². The molecular formula is C21H21ClFNO3. The molecule has 1 N–H and O–H groups in total. The molecule has 2 aromatic carbocycles. The average Bonchev–Trinajstić information content (AvgIpc) is 2.63. The van der Waals surface area contributed by atoms with E-state index in [1.54, 1.807) is 0 Å². The number of aryl methyl sites for hydroxylation is 2. The minimum absolute atomic E-state index is 0.0796. The first-order valence-electron chi connectivity index (χ1n) is 8.98. The van der Waals surface area contributed by atoms with Crippen molar-refractivity contribution in [2.24, 2.45) is 0 Å². The molecule has 0 bridgehead atoms. The Hall–Kier alpha value is -2.40. The van der Waals surface area contributed by atoms with Crippen LogP contribution in [-0.2, 0) is 33.6 Å². The number of anilines is 1. The number of carbonyl (C=O) groups is 2. The van der Waals surface area contributed by atoms with Crippen LogP contribution in [0.15, 0.2) is 36.4 Å². The molecule has 3 rings (SSSR count). The number of nitrogens with one attached hydrogen (secondary N) is 1. The first-order valence-corrected chi connectivity index (χ1v) is 9.36. The summed E-state index contributed by atoms with van der Waals surface area (Å²) in [6, 6.07) is 9.71. The van der Waals surface area contributed by atoms with Crippen molar-refractivity contribution in [3.63, 3.8) is 0 Å². The van der Waals surface area contributed by atoms with E-state index in [2.05, 4.69) is 17.4 Å². The molecule has 1 aliphatic carbocycles. The van der Waals surface area contributed by atoms with Crippen molar-refractivity contribution in [3.8, 4) is 0 Å². The third-order valence-corrected chi connectivity index (χ3v) is 4.94. The zero-order valence-corrected chi connectivity index (χ0v) is 15.8. The van der Waals surface area contributed by atoms with E-state index in [0.29, 0.717) is 0 Å². The summed E-state index contributed by atoms with van der Waals surface area (Å²) in [6.45, 7) is 1.48. The third kappa shape index (κ3) is 5.07. The van der Waals surface area contributed by atoms with Crippen LogP contribution in [0.1, 0.15) is 36.5 Å². The molecule has 6 heteroatoms. The van der Waals surface area contributed by atoms with Gasteiger partial charge in [0.05, 0.1) is 17.1 Å². The zero-order chi connectivity index (χ0) is 19.4. The number of carbonyl (C=O) groups excluding carboxylic acids is 2. The van der Waals surface area contributed by atoms with E-state index in [-0.39, 0.29) is 17.1 Å². The first-order chi connectivity index (χ1) is 12.9. The van der Waals surface area contributed by atoms with E-state index in [0.717, 1.165) is 24.5 Å². The maximum Gasteiger partial charge on any atom is 0.311 e. The van der Waals surface area contributed by atoms with Crippen LogP contribution in [0.25, 0.3) is 0 Å². The summed E-state index contributed by atoms with van der Waals surface area (Å²) >= 11 is 5.89. The van der Waals surface area contributed by atoms with Gasteiger partial charge in [0, 0.05) is 0 Å². The Morgan fingerprint density at radius 1 is 1.15 bits per heavy atom. The summed E-state index contributed by atoms with van der Waals surface area (Å²) in [7, 11) is 0. The van der Waals surface area contributed by atoms with E-state index < -0.39 is 23.8 Å². The molecule has 0 spiro atoms. The molecule has 0 fully saturated rings. The second-order valence-electron chi connectivity index (χ2n) is 6.73. The third-order valence-electron chi connectivity index (χ3n) is 4.63. The number of hydrogen-bond donors (Lipinski definition) is 1. The largest absolute Gasteiger partial charge is 0.452 e. The van der Waals surface area contributed by atoms with Crippen LogP contribution in [0.5, 0.6) is 0 Å². The minimum Gasteiger partial charge on any atom is -0.452 e. The maximum absolute atomic E-state index is 13.1. The van der Waals surface area contributed by atoms with Crippen LogP contribution in [0, 0.1) is 5.82 Å². The second-order valence-corrected chi connectivity index (χ2v) is 7.14. The Labute approximate surface area is 162 Å². The lowest BCUT2D eigenvalue weighted by Crippen LogP contribution is -2.30. The topological polar surface area (TPSA) is 55.4 Å². The number of amides is 1. The van der Waals surface area contributed by atoms with Crippen molar-refractivity contribution in [3.05, 3.63) is 63.9 Å². The fourth-order valence-corrected chi connectivity index (χ4v) is 3.40. The van der Waals surface area contributed by atoms with Crippen molar-refractivity contribution in [1.29, 1.82) is 0 Å². The molecule has 2 aromatic rings. The van der Waals surface area contributed by atoms with Gasteiger partial charge >= 0.3 is 5.97 Å². The predicted molar refractivity (Wildman–Crippen MR) is 102 cm³/mol. The number of hydrogen-bond acceptors (Lipinski definition) is 3. The molecule has 0 heterocycles. The van der Waals surface area contributed by atoms with E-state index in [9.17, 15) is 14.0 Å². The van der Waals surface area contributed by atoms with Crippen LogP contribution in [0.2, 0.25) is 5.02 Å². The Balaban J connectivity index is 1.56. The monoisotopic (exact) mass is 389 g/mol. The van der Waals surface area contributed by atoms with E-state index in [1.165, 1.54) is 43.0 Å². The fraction of sp³-hybridized carbons (Fsp3) is 0.333. The molecule has 0 aromatic heterocycles. The molecule has 0 saturated carbocycles. The molecule has 0 aliphatic heterocycles. The molecule has 1 amide bonds. The van der Waals surface area contributed by atoms with E-state index in [1.807, 2.05) is 6.07 Å². The SMILES string of the molecule is C[C@@H](OC(=O)Cc1ccc2c(c1)CCCC2)C(=O)Nc1ccc(F)cc1Cl. The van der Waals surface area contributed by atoms with Crippen LogP contribution in [0.3, 0.4) is 0 Å². The molecule has 0 saturated heterocycles. The van der Waals surface area contributed by atoms with Crippen LogP contribution >= 0.6 is 11.6 Å². The van der Waals surface area contributed by atoms with Crippen molar-refractivity contribution < 1.29 is 18.7 Å². The van der Waals surface area contributed by atoms with Crippen molar-refractivity contribution in [1.82, 2.24) is 0 Å². The summed E-state index contributed by atoms with van der Waals surface area (Å²) in [5.41, 5.74) is 3.79. The molecular weight excluding hydrogens is 369 g/mol. The molecule has 1 atom stereocenters. The van der Waals surface area contributed by atoms with Gasteiger partial charge in [0.15, 0.2) is 6.10 Å². The zero-order valence-electron chi connectivity index (χ0n) is 15.1. The van der Waals surface area contributed by atoms with Crippen LogP contribution in [0.4, 0.5) is 10.1 Å². The molecule has 142 valence electrons. The lowest BCUT2D eigenvalue weighted by Gasteiger charge is -2.17. The number of ether oxygens (including phenoxy) is 1. The van der Waals surface area contributed by atoms with Gasteiger partial charge in [-0.05, 0) is 67.5 Å². The van der Waals surface area contributed by atoms with Crippen LogP contribution < -0.4 is 5.32 Å². The number of rotatable bonds is 5. The molecule has 4 nitrogen and oxygen atoms in total. The van der Waals surface area contributed by atoms with Gasteiger partial charge in [0.25, 0.3) is 5.91 Å². The highest BCUT2D eigenvalue weighted by Crippen LogP contribution is 2.24. The summed E-state index contributed by atoms with van der Waals surface area (Å²) in [4.78, 5) is 24.4. The first kappa shape index (κ1) is 19.4. The van der Waals surface area contributed by atoms with E-state index >= 15 is 0 Å². The average molecular weight is 390 g/mol. The number of fused-ring (bicyclic) bond motifs is 1. The molecule has 0 unspecified atom stereocenters. The number of halogens is 2. The molecule has 27 heavy (non-hydrogen) atoms. The van der Waals surface area contributed by atoms with Gasteiger partial charge in [0.1, 0.15) is 5.82 Å². The smallest absolute Gasteiger partial charge is 0.311 e. The van der Waals surface area contributed by atoms with Gasteiger partial charge in [-0.25, -0.2) is 4.39 Å². The highest BCUT2D eigenvalue weighted by atomic mass is 35.5. The molecule has 1 aliphatic rings. The van der Waals surface area contributed by atoms with E-state index in [4.69, 9.17) is 16.3 Å². The van der Waals surface area contributed by atoms with Gasteiger partial charge in [-0.2, -0.15) is 0 Å². The van der Waals surface area contributed by atoms with Crippen molar-refractivity contribution >= 4 is 29.2 Å². The summed E-state index contributed by atoms with van der Waals surface area (Å²) in [5.74, 6) is -1.50. The lowest BCUT2D eigenvalue weighted by atomic mass is 9.90. The standard InChI is InChI=1S/C21H21ClFNO3/c1-13(21(26)24-19-9-8-17(23)12-18(19)22)27-20(25)11-14-6-7-15-4-2-3-5-16(15)10-14/h6-10,12-13H,2-5,11H2,1H3,(H,24,26)/t13-/m1/s1. The number of esters is 1.